The summed E-state index contributed by atoms with van der Waals surface area (Å²) in [6.07, 6.45) is 2.85. The maximum absolute atomic E-state index is 5.47. The summed E-state index contributed by atoms with van der Waals surface area (Å²) in [5, 5.41) is 11.6. The van der Waals surface area contributed by atoms with Crippen molar-refractivity contribution in [2.24, 2.45) is 10.9 Å². The molecule has 0 bridgehead atoms. The van der Waals surface area contributed by atoms with Crippen LogP contribution in [0.4, 0.5) is 0 Å². The molecule has 25 heavy (non-hydrogen) atoms. The molecule has 0 amide bonds. The molecule has 0 aliphatic carbocycles. The van der Waals surface area contributed by atoms with Crippen LogP contribution in [0.3, 0.4) is 0 Å². The lowest BCUT2D eigenvalue weighted by molar-refractivity contribution is 0.181. The van der Waals surface area contributed by atoms with Crippen LogP contribution < -0.4 is 5.32 Å². The van der Waals surface area contributed by atoms with Crippen LogP contribution in [0.1, 0.15) is 19.2 Å². The number of hydrogen-bond acceptors (Lipinski definition) is 4. The molecule has 1 aliphatic rings. The van der Waals surface area contributed by atoms with Crippen LogP contribution in [0.15, 0.2) is 41.7 Å². The molecule has 3 rings (SSSR count). The van der Waals surface area contributed by atoms with Crippen molar-refractivity contribution in [3.8, 4) is 5.69 Å². The molecule has 7 heteroatoms. The van der Waals surface area contributed by atoms with Gasteiger partial charge in [0.25, 0.3) is 0 Å². The standard InChI is InChI=1S/C18H26N6O/c1-3-19-18(23(2)12-15-9-10-25-13-15)20-11-17-22-21-14-24(17)16-7-5-4-6-8-16/h4-8,14-15H,3,9-13H2,1-2H3,(H,19,20). The number of ether oxygens (including phenoxy) is 1. The van der Waals surface area contributed by atoms with Crippen LogP contribution in [-0.4, -0.2) is 59.0 Å². The van der Waals surface area contributed by atoms with E-state index >= 15 is 0 Å². The molecule has 0 saturated carbocycles. The number of aliphatic imine (C=N–C) groups is 1. The Balaban J connectivity index is 1.70. The average molecular weight is 342 g/mol. The van der Waals surface area contributed by atoms with Gasteiger partial charge in [0.05, 0.1) is 6.61 Å². The average Bonchev–Trinajstić information content (AvgIpc) is 3.31. The Morgan fingerprint density at radius 1 is 1.40 bits per heavy atom. The minimum Gasteiger partial charge on any atom is -0.381 e. The normalized spacial score (nSPS) is 17.7. The highest BCUT2D eigenvalue weighted by molar-refractivity contribution is 5.79. The van der Waals surface area contributed by atoms with E-state index in [1.165, 1.54) is 0 Å². The second kappa shape index (κ2) is 8.62. The first-order valence-corrected chi connectivity index (χ1v) is 8.79. The Labute approximate surface area is 148 Å². The third-order valence-corrected chi connectivity index (χ3v) is 4.28. The summed E-state index contributed by atoms with van der Waals surface area (Å²) < 4.78 is 7.44. The van der Waals surface area contributed by atoms with Gasteiger partial charge in [-0.25, -0.2) is 4.99 Å². The van der Waals surface area contributed by atoms with Crippen LogP contribution in [0.5, 0.6) is 0 Å². The SMILES string of the molecule is CCNC(=NCc1nncn1-c1ccccc1)N(C)CC1CCOC1. The van der Waals surface area contributed by atoms with Crippen molar-refractivity contribution in [3.05, 3.63) is 42.5 Å². The van der Waals surface area contributed by atoms with E-state index in [0.717, 1.165) is 50.2 Å². The van der Waals surface area contributed by atoms with Crippen molar-refractivity contribution in [2.45, 2.75) is 19.9 Å². The summed E-state index contributed by atoms with van der Waals surface area (Å²) in [6.45, 7) is 6.03. The van der Waals surface area contributed by atoms with Gasteiger partial charge >= 0.3 is 0 Å². The fourth-order valence-electron chi connectivity index (χ4n) is 2.99. The predicted molar refractivity (Wildman–Crippen MR) is 97.7 cm³/mol. The largest absolute Gasteiger partial charge is 0.381 e. The van der Waals surface area contributed by atoms with E-state index in [1.54, 1.807) is 6.33 Å². The molecular formula is C18H26N6O. The highest BCUT2D eigenvalue weighted by Crippen LogP contribution is 2.14. The zero-order valence-corrected chi connectivity index (χ0v) is 14.9. The Kier molecular flexibility index (Phi) is 6.00. The molecule has 1 N–H and O–H groups in total. The summed E-state index contributed by atoms with van der Waals surface area (Å²) in [7, 11) is 2.07. The molecule has 0 radical (unpaired) electrons. The van der Waals surface area contributed by atoms with Crippen LogP contribution in [0.25, 0.3) is 5.69 Å². The first kappa shape index (κ1) is 17.4. The highest BCUT2D eigenvalue weighted by atomic mass is 16.5. The maximum atomic E-state index is 5.47. The van der Waals surface area contributed by atoms with Crippen molar-refractivity contribution in [3.63, 3.8) is 0 Å². The number of benzene rings is 1. The zero-order valence-electron chi connectivity index (χ0n) is 14.9. The fraction of sp³-hybridized carbons (Fsp3) is 0.500. The first-order chi connectivity index (χ1) is 12.3. The molecule has 1 atom stereocenters. The van der Waals surface area contributed by atoms with E-state index in [-0.39, 0.29) is 0 Å². The minimum atomic E-state index is 0.475. The molecule has 2 aromatic rings. The topological polar surface area (TPSA) is 67.6 Å². The van der Waals surface area contributed by atoms with Gasteiger partial charge in [-0.3, -0.25) is 4.57 Å². The molecule has 1 fully saturated rings. The number of nitrogens with one attached hydrogen (secondary N) is 1. The van der Waals surface area contributed by atoms with Gasteiger partial charge in [-0.15, -0.1) is 10.2 Å². The van der Waals surface area contributed by atoms with Crippen molar-refractivity contribution in [2.75, 3.05) is 33.4 Å². The molecule has 0 spiro atoms. The summed E-state index contributed by atoms with van der Waals surface area (Å²) >= 11 is 0. The number of guanidine groups is 1. The smallest absolute Gasteiger partial charge is 0.194 e. The van der Waals surface area contributed by atoms with Gasteiger partial charge in [-0.1, -0.05) is 18.2 Å². The van der Waals surface area contributed by atoms with E-state index in [2.05, 4.69) is 34.4 Å². The van der Waals surface area contributed by atoms with Crippen LogP contribution in [0, 0.1) is 5.92 Å². The minimum absolute atomic E-state index is 0.475. The molecule has 7 nitrogen and oxygen atoms in total. The molecule has 1 aromatic carbocycles. The Hall–Kier alpha value is -2.41. The monoisotopic (exact) mass is 342 g/mol. The van der Waals surface area contributed by atoms with Crippen molar-refractivity contribution in [1.82, 2.24) is 25.0 Å². The number of para-hydroxylation sites is 1. The molecule has 2 heterocycles. The summed E-state index contributed by atoms with van der Waals surface area (Å²) in [5.74, 6) is 2.28. The number of aromatic nitrogens is 3. The van der Waals surface area contributed by atoms with E-state index in [4.69, 9.17) is 9.73 Å². The van der Waals surface area contributed by atoms with Crippen molar-refractivity contribution < 1.29 is 4.74 Å². The highest BCUT2D eigenvalue weighted by Gasteiger charge is 2.19. The van der Waals surface area contributed by atoms with Gasteiger partial charge in [-0.05, 0) is 25.5 Å². The number of hydrogen-bond donors (Lipinski definition) is 1. The lowest BCUT2D eigenvalue weighted by atomic mass is 10.1. The third kappa shape index (κ3) is 4.57. The lowest BCUT2D eigenvalue weighted by Crippen LogP contribution is -2.41. The molecule has 1 aliphatic heterocycles. The van der Waals surface area contributed by atoms with Crippen molar-refractivity contribution >= 4 is 5.96 Å². The Morgan fingerprint density at radius 2 is 2.24 bits per heavy atom. The third-order valence-electron chi connectivity index (χ3n) is 4.28. The fourth-order valence-corrected chi connectivity index (χ4v) is 2.99. The summed E-state index contributed by atoms with van der Waals surface area (Å²) in [5.41, 5.74) is 1.04. The lowest BCUT2D eigenvalue weighted by Gasteiger charge is -2.24. The van der Waals surface area contributed by atoms with E-state index < -0.39 is 0 Å². The van der Waals surface area contributed by atoms with Gasteiger partial charge in [0.1, 0.15) is 12.9 Å². The molecule has 1 aromatic heterocycles. The Morgan fingerprint density at radius 3 is 2.96 bits per heavy atom. The molecular weight excluding hydrogens is 316 g/mol. The van der Waals surface area contributed by atoms with Gasteiger partial charge in [0.2, 0.25) is 0 Å². The van der Waals surface area contributed by atoms with Crippen molar-refractivity contribution in [1.29, 1.82) is 0 Å². The van der Waals surface area contributed by atoms with Gasteiger partial charge in [0.15, 0.2) is 11.8 Å². The molecule has 134 valence electrons. The summed E-state index contributed by atoms with van der Waals surface area (Å²) in [4.78, 5) is 6.92. The second-order valence-corrected chi connectivity index (χ2v) is 6.23. The quantitative estimate of drug-likeness (QED) is 0.639. The predicted octanol–water partition coefficient (Wildman–Crippen LogP) is 1.70. The summed E-state index contributed by atoms with van der Waals surface area (Å²) in [6, 6.07) is 10.1. The second-order valence-electron chi connectivity index (χ2n) is 6.23. The zero-order chi connectivity index (χ0) is 17.5. The Bertz CT molecular complexity index is 678. The van der Waals surface area contributed by atoms with Crippen LogP contribution >= 0.6 is 0 Å². The van der Waals surface area contributed by atoms with Crippen LogP contribution in [0.2, 0.25) is 0 Å². The van der Waals surface area contributed by atoms with Crippen LogP contribution in [-0.2, 0) is 11.3 Å². The molecule has 1 unspecified atom stereocenters. The maximum Gasteiger partial charge on any atom is 0.194 e. The van der Waals surface area contributed by atoms with E-state index in [9.17, 15) is 0 Å². The van der Waals surface area contributed by atoms with Gasteiger partial charge in [0, 0.05) is 38.3 Å². The molecule has 1 saturated heterocycles. The first-order valence-electron chi connectivity index (χ1n) is 8.79. The number of rotatable bonds is 6. The van der Waals surface area contributed by atoms with Gasteiger partial charge in [-0.2, -0.15) is 0 Å². The van der Waals surface area contributed by atoms with E-state index in [1.807, 2.05) is 34.9 Å². The van der Waals surface area contributed by atoms with Gasteiger partial charge < -0.3 is 15.0 Å². The number of nitrogens with zero attached hydrogens (tertiary/aromatic N) is 5. The van der Waals surface area contributed by atoms with E-state index in [0.29, 0.717) is 12.5 Å².